The number of halogens is 5. The van der Waals surface area contributed by atoms with E-state index in [9.17, 15) is 26.7 Å². The van der Waals surface area contributed by atoms with Crippen molar-refractivity contribution in [3.8, 4) is 5.75 Å². The molecule has 0 aliphatic heterocycles. The Kier molecular flexibility index (Phi) is 8.81. The van der Waals surface area contributed by atoms with Crippen LogP contribution in [0.1, 0.15) is 40.8 Å². The van der Waals surface area contributed by atoms with Gasteiger partial charge >= 0.3 is 12.8 Å². The molecular formula is C26H25F5N2O2. The van der Waals surface area contributed by atoms with E-state index in [2.05, 4.69) is 15.4 Å². The molecule has 0 aliphatic rings. The largest absolute Gasteiger partial charge is 0.435 e. The van der Waals surface area contributed by atoms with Gasteiger partial charge < -0.3 is 10.1 Å². The van der Waals surface area contributed by atoms with Crippen LogP contribution in [-0.2, 0) is 17.4 Å². The molecule has 0 heterocycles. The minimum atomic E-state index is -4.43. The van der Waals surface area contributed by atoms with E-state index in [1.54, 1.807) is 36.4 Å². The van der Waals surface area contributed by atoms with Gasteiger partial charge in [-0.15, -0.1) is 0 Å². The summed E-state index contributed by atoms with van der Waals surface area (Å²) in [5.41, 5.74) is 1.23. The quantitative estimate of drug-likeness (QED) is 0.339. The zero-order valence-electron chi connectivity index (χ0n) is 18.9. The Hall–Kier alpha value is -3.46. The van der Waals surface area contributed by atoms with Gasteiger partial charge in [0.25, 0.3) is 0 Å². The highest BCUT2D eigenvalue weighted by Gasteiger charge is 2.30. The summed E-state index contributed by atoms with van der Waals surface area (Å²) in [6, 6.07) is 18.7. The zero-order valence-corrected chi connectivity index (χ0v) is 18.9. The van der Waals surface area contributed by atoms with Crippen LogP contribution in [0.3, 0.4) is 0 Å². The normalized spacial score (nSPS) is 13.3. The van der Waals surface area contributed by atoms with Gasteiger partial charge in [-0.05, 0) is 53.8 Å². The summed E-state index contributed by atoms with van der Waals surface area (Å²) in [5, 5.41) is 5.91. The molecule has 0 aromatic heterocycles. The Morgan fingerprint density at radius 1 is 0.914 bits per heavy atom. The van der Waals surface area contributed by atoms with Crippen LogP contribution in [0, 0.1) is 0 Å². The van der Waals surface area contributed by atoms with Crippen molar-refractivity contribution in [2.45, 2.75) is 37.7 Å². The fraction of sp³-hybridized carbons (Fsp3) is 0.269. The summed E-state index contributed by atoms with van der Waals surface area (Å²) in [5.74, 6) is -0.328. The van der Waals surface area contributed by atoms with E-state index in [4.69, 9.17) is 0 Å². The first-order valence-corrected chi connectivity index (χ1v) is 10.9. The molecule has 2 N–H and O–H groups in total. The molecule has 2 atom stereocenters. The van der Waals surface area contributed by atoms with Gasteiger partial charge in [0.05, 0.1) is 5.56 Å². The molecule has 0 spiro atoms. The first-order valence-electron chi connectivity index (χ1n) is 10.9. The fourth-order valence-corrected chi connectivity index (χ4v) is 3.74. The second kappa shape index (κ2) is 11.8. The van der Waals surface area contributed by atoms with Crippen molar-refractivity contribution >= 4 is 5.91 Å². The van der Waals surface area contributed by atoms with E-state index in [1.165, 1.54) is 31.3 Å². The Morgan fingerprint density at radius 3 is 2.17 bits per heavy atom. The van der Waals surface area contributed by atoms with Crippen LogP contribution in [0.15, 0.2) is 78.9 Å². The number of carbonyl (C=O) groups excluding carboxylic acids is 1. The van der Waals surface area contributed by atoms with E-state index < -0.39 is 30.4 Å². The molecule has 3 aromatic rings. The number of amides is 1. The number of likely N-dealkylation sites (N-methyl/N-ethyl adjacent to an activating group) is 1. The number of ether oxygens (including phenoxy) is 1. The summed E-state index contributed by atoms with van der Waals surface area (Å²) in [6.45, 7) is -2.99. The maximum absolute atomic E-state index is 12.9. The number of aryl methyl sites for hydroxylation is 1. The summed E-state index contributed by atoms with van der Waals surface area (Å²) >= 11 is 0. The van der Waals surface area contributed by atoms with Crippen LogP contribution in [0.25, 0.3) is 0 Å². The van der Waals surface area contributed by atoms with Crippen LogP contribution in [0.4, 0.5) is 22.0 Å². The highest BCUT2D eigenvalue weighted by atomic mass is 19.4. The van der Waals surface area contributed by atoms with E-state index in [0.717, 1.165) is 12.1 Å². The second-order valence-electron chi connectivity index (χ2n) is 7.86. The number of rotatable bonds is 10. The lowest BCUT2D eigenvalue weighted by Crippen LogP contribution is -2.38. The SMILES string of the molecule is CNC(=O)C(NC(CCc1ccc(C(F)(F)F)cc1)c1cccc(OC(F)F)c1)c1ccccc1. The average molecular weight is 492 g/mol. The predicted octanol–water partition coefficient (Wildman–Crippen LogP) is 6.06. The average Bonchev–Trinajstić information content (AvgIpc) is 2.84. The minimum Gasteiger partial charge on any atom is -0.435 e. The maximum Gasteiger partial charge on any atom is 0.416 e. The third-order valence-electron chi connectivity index (χ3n) is 5.50. The molecule has 4 nitrogen and oxygen atoms in total. The molecule has 0 aliphatic carbocycles. The minimum absolute atomic E-state index is 0.0324. The molecule has 3 aromatic carbocycles. The van der Waals surface area contributed by atoms with Crippen LogP contribution in [0.5, 0.6) is 5.75 Å². The number of hydrogen-bond donors (Lipinski definition) is 2. The van der Waals surface area contributed by atoms with E-state index in [0.29, 0.717) is 29.5 Å². The standard InChI is InChI=1S/C26H25F5N2O2/c1-32-24(34)23(18-6-3-2-4-7-18)33-22(19-8-5-9-21(16-19)35-25(27)28)15-12-17-10-13-20(14-11-17)26(29,30)31/h2-11,13-14,16,22-23,25,33H,12,15H2,1H3,(H,32,34). The van der Waals surface area contributed by atoms with Gasteiger partial charge in [0.15, 0.2) is 0 Å². The van der Waals surface area contributed by atoms with Crippen molar-refractivity contribution in [3.63, 3.8) is 0 Å². The summed E-state index contributed by atoms with van der Waals surface area (Å²) < 4.78 is 68.7. The van der Waals surface area contributed by atoms with Crippen molar-refractivity contribution in [3.05, 3.63) is 101 Å². The lowest BCUT2D eigenvalue weighted by Gasteiger charge is -2.26. The van der Waals surface area contributed by atoms with Gasteiger partial charge in [-0.25, -0.2) is 0 Å². The Bertz CT molecular complexity index is 1090. The van der Waals surface area contributed by atoms with E-state index in [-0.39, 0.29) is 11.7 Å². The third kappa shape index (κ3) is 7.51. The first-order chi connectivity index (χ1) is 16.7. The summed E-state index contributed by atoms with van der Waals surface area (Å²) in [6.07, 6.45) is -3.67. The fourth-order valence-electron chi connectivity index (χ4n) is 3.74. The molecule has 1 amide bonds. The Morgan fingerprint density at radius 2 is 1.57 bits per heavy atom. The zero-order chi connectivity index (χ0) is 25.4. The molecule has 3 rings (SSSR count). The van der Waals surface area contributed by atoms with Gasteiger partial charge in [-0.2, -0.15) is 22.0 Å². The van der Waals surface area contributed by atoms with Crippen LogP contribution in [0.2, 0.25) is 0 Å². The number of carbonyl (C=O) groups is 1. The molecule has 35 heavy (non-hydrogen) atoms. The number of hydrogen-bond acceptors (Lipinski definition) is 3. The molecule has 0 fully saturated rings. The number of alkyl halides is 5. The number of benzene rings is 3. The van der Waals surface area contributed by atoms with Gasteiger partial charge in [-0.1, -0.05) is 54.6 Å². The lowest BCUT2D eigenvalue weighted by molar-refractivity contribution is -0.137. The van der Waals surface area contributed by atoms with Gasteiger partial charge in [-0.3, -0.25) is 10.1 Å². The van der Waals surface area contributed by atoms with E-state index in [1.807, 2.05) is 6.07 Å². The lowest BCUT2D eigenvalue weighted by atomic mass is 9.96. The van der Waals surface area contributed by atoms with Gasteiger partial charge in [0.2, 0.25) is 5.91 Å². The molecule has 2 unspecified atom stereocenters. The molecule has 186 valence electrons. The molecule has 9 heteroatoms. The molecule has 0 saturated carbocycles. The van der Waals surface area contributed by atoms with Crippen molar-refractivity contribution in [1.82, 2.24) is 10.6 Å². The van der Waals surface area contributed by atoms with Crippen LogP contribution < -0.4 is 15.4 Å². The molecule has 0 bridgehead atoms. The predicted molar refractivity (Wildman–Crippen MR) is 122 cm³/mol. The highest BCUT2D eigenvalue weighted by molar-refractivity contribution is 5.83. The maximum atomic E-state index is 12.9. The van der Waals surface area contributed by atoms with Crippen molar-refractivity contribution < 1.29 is 31.5 Å². The van der Waals surface area contributed by atoms with Crippen LogP contribution >= 0.6 is 0 Å². The molecule has 0 saturated heterocycles. The van der Waals surface area contributed by atoms with Gasteiger partial charge in [0, 0.05) is 13.1 Å². The monoisotopic (exact) mass is 492 g/mol. The topological polar surface area (TPSA) is 50.4 Å². The Balaban J connectivity index is 1.88. The first kappa shape index (κ1) is 26.2. The Labute approximate surface area is 200 Å². The molecular weight excluding hydrogens is 467 g/mol. The second-order valence-corrected chi connectivity index (χ2v) is 7.86. The van der Waals surface area contributed by atoms with Crippen LogP contribution in [-0.4, -0.2) is 19.6 Å². The third-order valence-corrected chi connectivity index (χ3v) is 5.50. The van der Waals surface area contributed by atoms with Crippen molar-refractivity contribution in [2.24, 2.45) is 0 Å². The number of nitrogens with one attached hydrogen (secondary N) is 2. The molecule has 0 radical (unpaired) electrons. The van der Waals surface area contributed by atoms with Gasteiger partial charge in [0.1, 0.15) is 11.8 Å². The van der Waals surface area contributed by atoms with Crippen molar-refractivity contribution in [2.75, 3.05) is 7.05 Å². The van der Waals surface area contributed by atoms with Crippen molar-refractivity contribution in [1.29, 1.82) is 0 Å². The highest BCUT2D eigenvalue weighted by Crippen LogP contribution is 2.31. The summed E-state index contributed by atoms with van der Waals surface area (Å²) in [4.78, 5) is 12.7. The smallest absolute Gasteiger partial charge is 0.416 e. The summed E-state index contributed by atoms with van der Waals surface area (Å²) in [7, 11) is 1.51. The van der Waals surface area contributed by atoms with E-state index >= 15 is 0 Å².